The van der Waals surface area contributed by atoms with E-state index in [-0.39, 0.29) is 0 Å². The molecule has 6 aromatic heterocycles. The minimum atomic E-state index is 0.797. The summed E-state index contributed by atoms with van der Waals surface area (Å²) in [5.74, 6) is 0. The van der Waals surface area contributed by atoms with E-state index in [1.807, 2.05) is 68.0 Å². The first-order valence-corrected chi connectivity index (χ1v) is 51.0. The monoisotopic (exact) mass is 1840 g/mol. The van der Waals surface area contributed by atoms with E-state index in [0.717, 1.165) is 20.8 Å². The zero-order chi connectivity index (χ0) is 87.8. The van der Waals surface area contributed by atoms with E-state index in [0.29, 0.717) is 0 Å². The quantitative estimate of drug-likeness (QED) is 0.122. The van der Waals surface area contributed by atoms with Gasteiger partial charge in [0.2, 0.25) is 0 Å². The van der Waals surface area contributed by atoms with Gasteiger partial charge in [-0.1, -0.05) is 363 Å². The van der Waals surface area contributed by atoms with Crippen molar-refractivity contribution in [2.75, 3.05) is 0 Å². The van der Waals surface area contributed by atoms with Gasteiger partial charge in [-0.2, -0.15) is 0 Å². The molecule has 0 unspecified atom stereocenters. The molecule has 0 aliphatic carbocycles. The molecular formula is C126H68Cl2S6. The van der Waals surface area contributed by atoms with E-state index >= 15 is 0 Å². The number of rotatable bonds is 4. The molecule has 0 aliphatic rings. The van der Waals surface area contributed by atoms with E-state index in [1.54, 1.807) is 0 Å². The van der Waals surface area contributed by atoms with Crippen molar-refractivity contribution in [3.63, 3.8) is 0 Å². The lowest BCUT2D eigenvalue weighted by Gasteiger charge is -2.21. The van der Waals surface area contributed by atoms with Gasteiger partial charge in [0, 0.05) is 207 Å². The Labute approximate surface area is 801 Å². The van der Waals surface area contributed by atoms with Gasteiger partial charge in [-0.25, -0.2) is 0 Å². The summed E-state index contributed by atoms with van der Waals surface area (Å²) in [5, 5.41) is 48.5. The third kappa shape index (κ3) is 11.3. The molecule has 8 heteroatoms. The molecule has 0 radical (unpaired) electrons. The van der Waals surface area contributed by atoms with Crippen LogP contribution in [0.5, 0.6) is 0 Å². The Balaban J connectivity index is 0.0000000987. The molecule has 622 valence electrons. The van der Waals surface area contributed by atoms with Crippen LogP contribution in [0.2, 0.25) is 10.0 Å². The molecule has 134 heavy (non-hydrogen) atoms. The van der Waals surface area contributed by atoms with Crippen LogP contribution in [0, 0.1) is 0 Å². The van der Waals surface area contributed by atoms with Gasteiger partial charge in [-0.05, 0) is 171 Å². The van der Waals surface area contributed by atoms with Crippen molar-refractivity contribution in [3.05, 3.63) is 423 Å². The summed E-state index contributed by atoms with van der Waals surface area (Å²) in [6, 6.07) is 152. The lowest BCUT2D eigenvalue weighted by molar-refractivity contribution is 1.67. The zero-order valence-electron chi connectivity index (χ0n) is 71.5. The summed E-state index contributed by atoms with van der Waals surface area (Å²) in [7, 11) is 0. The summed E-state index contributed by atoms with van der Waals surface area (Å²) in [6.07, 6.45) is 0. The summed E-state index contributed by atoms with van der Waals surface area (Å²) in [5.41, 5.74) is 10.2. The number of benzene rings is 25. The van der Waals surface area contributed by atoms with Gasteiger partial charge in [0.05, 0.1) is 0 Å². The summed E-state index contributed by atoms with van der Waals surface area (Å²) in [4.78, 5) is 0. The molecule has 0 nitrogen and oxygen atoms in total. The summed E-state index contributed by atoms with van der Waals surface area (Å²) in [6.45, 7) is 0. The molecule has 25 aromatic carbocycles. The van der Waals surface area contributed by atoms with Crippen LogP contribution in [0.4, 0.5) is 0 Å². The molecule has 0 fully saturated rings. The largest absolute Gasteiger partial charge is 0.135 e. The van der Waals surface area contributed by atoms with Gasteiger partial charge in [-0.3, -0.25) is 0 Å². The maximum absolute atomic E-state index is 6.92. The highest BCUT2D eigenvalue weighted by atomic mass is 35.5. The highest BCUT2D eigenvalue weighted by molar-refractivity contribution is 7.29. The molecule has 6 heterocycles. The second kappa shape index (κ2) is 30.0. The first-order chi connectivity index (χ1) is 66.3. The minimum absolute atomic E-state index is 0.797. The van der Waals surface area contributed by atoms with Crippen LogP contribution >= 0.6 is 91.2 Å². The van der Waals surface area contributed by atoms with E-state index in [1.165, 1.54) is 284 Å². The van der Waals surface area contributed by atoms with E-state index in [9.17, 15) is 0 Å². The van der Waals surface area contributed by atoms with Crippen molar-refractivity contribution in [1.82, 2.24) is 0 Å². The predicted octanol–water partition coefficient (Wildman–Crippen LogP) is 41.1. The Kier molecular flexibility index (Phi) is 17.3. The van der Waals surface area contributed by atoms with Crippen molar-refractivity contribution in [2.24, 2.45) is 0 Å². The van der Waals surface area contributed by atoms with Crippen LogP contribution in [0.1, 0.15) is 0 Å². The Morgan fingerprint density at radius 2 is 0.343 bits per heavy atom. The molecule has 0 atom stereocenters. The zero-order valence-corrected chi connectivity index (χ0v) is 77.9. The molecule has 0 saturated heterocycles. The lowest BCUT2D eigenvalue weighted by atomic mass is 9.87. The van der Waals surface area contributed by atoms with Gasteiger partial charge in [0.15, 0.2) is 0 Å². The Hall–Kier alpha value is -14.5. The van der Waals surface area contributed by atoms with Gasteiger partial charge in [0.25, 0.3) is 0 Å². The van der Waals surface area contributed by atoms with Crippen LogP contribution in [0.3, 0.4) is 0 Å². The molecule has 0 aliphatic heterocycles. The van der Waals surface area contributed by atoms with Crippen molar-refractivity contribution < 1.29 is 0 Å². The number of hydrogen-bond donors (Lipinski definition) is 0. The Bertz CT molecular complexity index is 9960. The lowest BCUT2D eigenvalue weighted by Crippen LogP contribution is -1.92. The summed E-state index contributed by atoms with van der Waals surface area (Å²) >= 11 is 25.3. The molecule has 31 rings (SSSR count). The van der Waals surface area contributed by atoms with Crippen LogP contribution in [-0.2, 0) is 0 Å². The molecule has 0 N–H and O–H groups in total. The normalized spacial score (nSPS) is 12.3. The molecule has 0 amide bonds. The van der Waals surface area contributed by atoms with E-state index in [4.69, 9.17) is 23.2 Å². The van der Waals surface area contributed by atoms with Gasteiger partial charge < -0.3 is 0 Å². The number of hydrogen-bond acceptors (Lipinski definition) is 6. The van der Waals surface area contributed by atoms with Crippen molar-refractivity contribution in [1.29, 1.82) is 0 Å². The van der Waals surface area contributed by atoms with Crippen LogP contribution < -0.4 is 0 Å². The highest BCUT2D eigenvalue weighted by Crippen LogP contribution is 2.58. The molecule has 0 bridgehead atoms. The van der Waals surface area contributed by atoms with E-state index in [2.05, 4.69) is 413 Å². The first kappa shape index (κ1) is 77.1. The van der Waals surface area contributed by atoms with Crippen LogP contribution in [-0.4, -0.2) is 0 Å². The Morgan fingerprint density at radius 3 is 0.649 bits per heavy atom. The molecule has 0 saturated carbocycles. The van der Waals surface area contributed by atoms with Crippen molar-refractivity contribution >= 4 is 342 Å². The maximum atomic E-state index is 6.92. The predicted molar refractivity (Wildman–Crippen MR) is 598 cm³/mol. The Morgan fingerprint density at radius 1 is 0.127 bits per heavy atom. The average molecular weight is 1850 g/mol. The first-order valence-electron chi connectivity index (χ1n) is 45.4. The maximum Gasteiger partial charge on any atom is 0.0491 e. The third-order valence-electron chi connectivity index (χ3n) is 28.3. The fraction of sp³-hybridized carbons (Fsp3) is 0. The molecule has 0 spiro atoms. The molecule has 31 aromatic rings. The molecular weight excluding hydrogens is 1780 g/mol. The number of halogens is 2. The SMILES string of the molecule is Clc1cc2c(sc3cccc4c3c2c2cccc3sc5c6ccccc6c(Cl)cc5c4c32)c2ccccc12.c1ccc(-c2cc3c(sc4cccc5c4c3c3cccc4sc6c7ccccc7c(-c7ccccc7)cc6c5c43)c3ccccc23)cc1.c1ccc(-c2cc3ccccc3c3c2sc2cccc4c2c3c2cccc3sc5c(-c6ccccc6)cc6ccccc6c5c4c32)cc1. The standard InChI is InChI=1S/2C46H26S2.C34H16Cl2S2/c1-3-13-27(14-4-1)35-25-29-17-7-9-19-31(29)43-41-33-21-12-24-38-40(33)42(34-22-11-23-37(39(34)41)47-45(35)43)44-32-20-10-8-18-30(32)26-36(46(44)48-38)28-15-5-2-6-16-28;1-3-13-27(14-4-1)35-25-37-41-33-21-11-24-40-44(33)42(34-22-12-23-39(43(34)41)47-45(37)31-19-9-7-17-29(31)35)38-26-36(28-15-5-2-6-16-28)30-18-8-10-20-32(30)46(38)48-40;35-25-15-23-29-21-11-6-14-28-32(21)30(24-16-26(36)18-8-2-4-10-20(18)34(24)38-28)22-12-5-13-27(31(22)29)37-33(23)19-9-3-1-7-17(19)25/h2*1-26H;1-16H. The number of fused-ring (bicyclic) bond motifs is 30. The second-order valence-electron chi connectivity index (χ2n) is 35.4. The summed E-state index contributed by atoms with van der Waals surface area (Å²) < 4.78 is 15.9. The van der Waals surface area contributed by atoms with Crippen LogP contribution in [0.15, 0.2) is 413 Å². The second-order valence-corrected chi connectivity index (χ2v) is 42.5. The van der Waals surface area contributed by atoms with Gasteiger partial charge in [0.1, 0.15) is 0 Å². The van der Waals surface area contributed by atoms with Gasteiger partial charge >= 0.3 is 0 Å². The van der Waals surface area contributed by atoms with Crippen molar-refractivity contribution in [2.45, 2.75) is 0 Å². The minimum Gasteiger partial charge on any atom is -0.135 e. The average Bonchev–Trinajstić information content (AvgIpc) is 0.711. The fourth-order valence-corrected chi connectivity index (χ4v) is 30.9. The fourth-order valence-electron chi connectivity index (χ4n) is 22.8. The smallest absolute Gasteiger partial charge is 0.0491 e. The van der Waals surface area contributed by atoms with Crippen molar-refractivity contribution in [3.8, 4) is 44.5 Å². The highest BCUT2D eigenvalue weighted by Gasteiger charge is 2.29. The van der Waals surface area contributed by atoms with Crippen LogP contribution in [0.25, 0.3) is 295 Å². The topological polar surface area (TPSA) is 0 Å². The van der Waals surface area contributed by atoms with E-state index < -0.39 is 0 Å². The third-order valence-corrected chi connectivity index (χ3v) is 36.2. The van der Waals surface area contributed by atoms with Gasteiger partial charge in [-0.15, -0.1) is 68.0 Å².